The van der Waals surface area contributed by atoms with Crippen molar-refractivity contribution in [1.29, 1.82) is 0 Å². The number of primary amides is 1. The van der Waals surface area contributed by atoms with Gasteiger partial charge in [0.2, 0.25) is 5.91 Å². The van der Waals surface area contributed by atoms with Crippen molar-refractivity contribution in [2.75, 3.05) is 6.61 Å². The number of hydrogen-bond acceptors (Lipinski definition) is 3. The highest BCUT2D eigenvalue weighted by molar-refractivity contribution is 5.78. The van der Waals surface area contributed by atoms with Crippen molar-refractivity contribution >= 4 is 5.91 Å². The largest absolute Gasteiger partial charge is 0.368 e. The minimum atomic E-state index is -0.370. The Hall–Kier alpha value is -0.610. The average Bonchev–Trinajstić information content (AvgIpc) is 2.89. The van der Waals surface area contributed by atoms with Crippen LogP contribution in [0.25, 0.3) is 0 Å². The van der Waals surface area contributed by atoms with Crippen molar-refractivity contribution < 1.29 is 9.53 Å². The molecule has 1 aliphatic carbocycles. The van der Waals surface area contributed by atoms with E-state index in [-0.39, 0.29) is 12.0 Å². The molecule has 1 heterocycles. The maximum absolute atomic E-state index is 10.9. The zero-order valence-corrected chi connectivity index (χ0v) is 7.66. The van der Waals surface area contributed by atoms with Gasteiger partial charge in [0.05, 0.1) is 0 Å². The van der Waals surface area contributed by atoms with Crippen LogP contribution in [-0.2, 0) is 9.53 Å². The van der Waals surface area contributed by atoms with Gasteiger partial charge in [-0.05, 0) is 25.7 Å². The summed E-state index contributed by atoms with van der Waals surface area (Å²) >= 11 is 0. The molecule has 1 saturated carbocycles. The number of ether oxygens (including phenoxy) is 1. The number of hydrogen-bond donors (Lipinski definition) is 2. The van der Waals surface area contributed by atoms with Crippen LogP contribution in [0.3, 0.4) is 0 Å². The molecule has 2 fully saturated rings. The fourth-order valence-electron chi connectivity index (χ4n) is 1.73. The Morgan fingerprint density at radius 3 is 2.69 bits per heavy atom. The molecule has 0 aromatic heterocycles. The first-order chi connectivity index (χ1) is 6.25. The number of amides is 1. The number of nitrogens with two attached hydrogens (primary N) is 1. The van der Waals surface area contributed by atoms with Gasteiger partial charge < -0.3 is 15.8 Å². The van der Waals surface area contributed by atoms with Crippen molar-refractivity contribution in [3.05, 3.63) is 0 Å². The van der Waals surface area contributed by atoms with Gasteiger partial charge in [0.1, 0.15) is 6.10 Å². The lowest BCUT2D eigenvalue weighted by atomic mass is 10.0. The van der Waals surface area contributed by atoms with Crippen LogP contribution >= 0.6 is 0 Å². The lowest BCUT2D eigenvalue weighted by Gasteiger charge is -2.28. The third-order valence-corrected chi connectivity index (χ3v) is 2.65. The van der Waals surface area contributed by atoms with Crippen molar-refractivity contribution in [2.24, 2.45) is 5.73 Å². The molecule has 2 atom stereocenters. The summed E-state index contributed by atoms with van der Waals surface area (Å²) in [6.45, 7) is 0.651. The summed E-state index contributed by atoms with van der Waals surface area (Å²) in [5.41, 5.74) is 5.18. The van der Waals surface area contributed by atoms with Gasteiger partial charge in [-0.2, -0.15) is 0 Å². The van der Waals surface area contributed by atoms with E-state index in [1.165, 1.54) is 12.8 Å². The molecule has 13 heavy (non-hydrogen) atoms. The smallest absolute Gasteiger partial charge is 0.246 e. The summed E-state index contributed by atoms with van der Waals surface area (Å²) in [5.74, 6) is -0.331. The van der Waals surface area contributed by atoms with Gasteiger partial charge in [0, 0.05) is 18.7 Å². The first-order valence-electron chi connectivity index (χ1n) is 4.92. The molecule has 4 heteroatoms. The monoisotopic (exact) mass is 184 g/mol. The van der Waals surface area contributed by atoms with Gasteiger partial charge in [0.25, 0.3) is 0 Å². The van der Waals surface area contributed by atoms with E-state index in [4.69, 9.17) is 10.5 Å². The molecular formula is C9H16N2O2. The van der Waals surface area contributed by atoms with E-state index in [9.17, 15) is 4.79 Å². The van der Waals surface area contributed by atoms with Gasteiger partial charge in [-0.25, -0.2) is 0 Å². The van der Waals surface area contributed by atoms with Crippen LogP contribution in [0.4, 0.5) is 0 Å². The zero-order chi connectivity index (χ0) is 9.26. The number of carbonyl (C=O) groups excluding carboxylic acids is 1. The molecule has 0 radical (unpaired) electrons. The van der Waals surface area contributed by atoms with Gasteiger partial charge >= 0.3 is 0 Å². The Morgan fingerprint density at radius 2 is 2.08 bits per heavy atom. The Bertz CT molecular complexity index is 204. The molecule has 74 valence electrons. The summed E-state index contributed by atoms with van der Waals surface area (Å²) < 4.78 is 5.26. The third kappa shape index (κ3) is 2.42. The number of carbonyl (C=O) groups is 1. The predicted molar refractivity (Wildman–Crippen MR) is 48.1 cm³/mol. The molecule has 4 nitrogen and oxygen atoms in total. The second-order valence-corrected chi connectivity index (χ2v) is 3.92. The minimum Gasteiger partial charge on any atom is -0.368 e. The Morgan fingerprint density at radius 1 is 1.31 bits per heavy atom. The molecule has 0 aromatic carbocycles. The second-order valence-electron chi connectivity index (χ2n) is 3.92. The van der Waals surface area contributed by atoms with E-state index in [0.717, 1.165) is 12.8 Å². The SMILES string of the molecule is NC(=O)C1CC(NC2CC2)CCO1. The molecule has 2 unspecified atom stereocenters. The fraction of sp³-hybridized carbons (Fsp3) is 0.889. The third-order valence-electron chi connectivity index (χ3n) is 2.65. The van der Waals surface area contributed by atoms with Crippen LogP contribution in [0.15, 0.2) is 0 Å². The van der Waals surface area contributed by atoms with Crippen LogP contribution in [0.2, 0.25) is 0 Å². The zero-order valence-electron chi connectivity index (χ0n) is 7.66. The van der Waals surface area contributed by atoms with E-state index < -0.39 is 0 Å². The molecule has 0 aromatic rings. The van der Waals surface area contributed by atoms with Crippen LogP contribution in [0, 0.1) is 0 Å². The van der Waals surface area contributed by atoms with E-state index in [2.05, 4.69) is 5.32 Å². The summed E-state index contributed by atoms with van der Waals surface area (Å²) in [4.78, 5) is 10.9. The molecule has 0 bridgehead atoms. The molecule has 3 N–H and O–H groups in total. The number of rotatable bonds is 3. The van der Waals surface area contributed by atoms with E-state index in [1.54, 1.807) is 0 Å². The summed E-state index contributed by atoms with van der Waals surface area (Å²) in [5, 5.41) is 3.49. The lowest BCUT2D eigenvalue weighted by Crippen LogP contribution is -2.44. The Kier molecular flexibility index (Phi) is 2.51. The van der Waals surface area contributed by atoms with E-state index >= 15 is 0 Å². The highest BCUT2D eigenvalue weighted by Gasteiger charge is 2.30. The lowest BCUT2D eigenvalue weighted by molar-refractivity contribution is -0.133. The predicted octanol–water partition coefficient (Wildman–Crippen LogP) is -0.229. The van der Waals surface area contributed by atoms with Crippen LogP contribution in [0.5, 0.6) is 0 Å². The van der Waals surface area contributed by atoms with Crippen LogP contribution in [-0.4, -0.2) is 30.7 Å². The first kappa shape index (κ1) is 8.97. The Balaban J connectivity index is 1.80. The van der Waals surface area contributed by atoms with Gasteiger partial charge in [-0.15, -0.1) is 0 Å². The van der Waals surface area contributed by atoms with Gasteiger partial charge in [0.15, 0.2) is 0 Å². The number of nitrogens with one attached hydrogen (secondary N) is 1. The Labute approximate surface area is 77.8 Å². The van der Waals surface area contributed by atoms with Gasteiger partial charge in [-0.1, -0.05) is 0 Å². The highest BCUT2D eigenvalue weighted by Crippen LogP contribution is 2.23. The standard InChI is InChI=1S/C9H16N2O2/c10-9(12)8-5-7(3-4-13-8)11-6-1-2-6/h6-8,11H,1-5H2,(H2,10,12). The van der Waals surface area contributed by atoms with Crippen molar-refractivity contribution in [1.82, 2.24) is 5.32 Å². The summed E-state index contributed by atoms with van der Waals surface area (Å²) in [7, 11) is 0. The highest BCUT2D eigenvalue weighted by atomic mass is 16.5. The average molecular weight is 184 g/mol. The second kappa shape index (κ2) is 3.64. The van der Waals surface area contributed by atoms with E-state index in [0.29, 0.717) is 18.7 Å². The molecule has 2 rings (SSSR count). The topological polar surface area (TPSA) is 64.4 Å². The maximum Gasteiger partial charge on any atom is 0.246 e. The summed E-state index contributed by atoms with van der Waals surface area (Å²) in [6.07, 6.45) is 3.92. The van der Waals surface area contributed by atoms with Crippen molar-refractivity contribution in [2.45, 2.75) is 43.9 Å². The van der Waals surface area contributed by atoms with Crippen LogP contribution in [0.1, 0.15) is 25.7 Å². The van der Waals surface area contributed by atoms with Crippen LogP contribution < -0.4 is 11.1 Å². The first-order valence-corrected chi connectivity index (χ1v) is 4.92. The quantitative estimate of drug-likeness (QED) is 0.637. The molecule has 1 amide bonds. The van der Waals surface area contributed by atoms with Crippen molar-refractivity contribution in [3.63, 3.8) is 0 Å². The normalized spacial score (nSPS) is 34.5. The minimum absolute atomic E-state index is 0.331. The fourth-order valence-corrected chi connectivity index (χ4v) is 1.73. The molecule has 1 aliphatic heterocycles. The molecule has 1 saturated heterocycles. The van der Waals surface area contributed by atoms with Crippen molar-refractivity contribution in [3.8, 4) is 0 Å². The summed E-state index contributed by atoms with van der Waals surface area (Å²) in [6, 6.07) is 1.12. The van der Waals surface area contributed by atoms with Gasteiger partial charge in [-0.3, -0.25) is 4.79 Å². The maximum atomic E-state index is 10.9. The molecule has 0 spiro atoms. The molecular weight excluding hydrogens is 168 g/mol. The molecule has 2 aliphatic rings. The van der Waals surface area contributed by atoms with E-state index in [1.807, 2.05) is 0 Å².